The van der Waals surface area contributed by atoms with Gasteiger partial charge < -0.3 is 25.4 Å². The summed E-state index contributed by atoms with van der Waals surface area (Å²) in [6, 6.07) is 14.5. The van der Waals surface area contributed by atoms with E-state index in [1.54, 1.807) is 24.3 Å². The van der Waals surface area contributed by atoms with E-state index in [9.17, 15) is 14.7 Å². The van der Waals surface area contributed by atoms with E-state index in [1.807, 2.05) is 25.1 Å². The van der Waals surface area contributed by atoms with Crippen LogP contribution in [0.3, 0.4) is 0 Å². The smallest absolute Gasteiger partial charge is 0.323 e. The minimum atomic E-state index is -0.844. The molecule has 35 heavy (non-hydrogen) atoms. The van der Waals surface area contributed by atoms with Crippen LogP contribution in [0.5, 0.6) is 0 Å². The Balaban J connectivity index is 1.92. The standard InChI is InChI=1S/C27H34N4O4/c1-3-13-31(23-11-14-35-15-12-23)25-10-7-21(20(4-2)17-26(32)33)16-24(25)30-27(34)29-22-8-5-19(18-28)6-9-22/h5-10,16,20,23H,3-4,11-15,17H2,1-2H3,(H,32,33)(H2,29,30,34)/t20-/m1/s1. The fraction of sp³-hybridized carbons (Fsp3) is 0.444. The number of carbonyl (C=O) groups is 2. The predicted molar refractivity (Wildman–Crippen MR) is 137 cm³/mol. The van der Waals surface area contributed by atoms with Crippen LogP contribution in [-0.4, -0.2) is 42.9 Å². The van der Waals surface area contributed by atoms with E-state index in [0.717, 1.165) is 37.1 Å². The van der Waals surface area contributed by atoms with E-state index in [-0.39, 0.29) is 12.3 Å². The largest absolute Gasteiger partial charge is 0.481 e. The molecule has 1 atom stereocenters. The van der Waals surface area contributed by atoms with E-state index in [0.29, 0.717) is 42.6 Å². The number of nitriles is 1. The number of anilines is 3. The number of nitrogens with zero attached hydrogens (tertiary/aromatic N) is 2. The van der Waals surface area contributed by atoms with Gasteiger partial charge in [-0.3, -0.25) is 4.79 Å². The third kappa shape index (κ3) is 7.20. The number of ether oxygens (including phenoxy) is 1. The van der Waals surface area contributed by atoms with Crippen molar-refractivity contribution in [2.45, 2.75) is 57.9 Å². The van der Waals surface area contributed by atoms with Gasteiger partial charge in [-0.25, -0.2) is 4.79 Å². The summed E-state index contributed by atoms with van der Waals surface area (Å²) >= 11 is 0. The number of hydrogen-bond donors (Lipinski definition) is 3. The molecule has 8 heteroatoms. The zero-order valence-corrected chi connectivity index (χ0v) is 20.4. The Morgan fingerprint density at radius 3 is 2.46 bits per heavy atom. The van der Waals surface area contributed by atoms with Gasteiger partial charge in [0.2, 0.25) is 0 Å². The Morgan fingerprint density at radius 1 is 1.14 bits per heavy atom. The molecular weight excluding hydrogens is 444 g/mol. The molecule has 0 radical (unpaired) electrons. The fourth-order valence-electron chi connectivity index (χ4n) is 4.52. The van der Waals surface area contributed by atoms with Crippen molar-refractivity contribution in [1.82, 2.24) is 0 Å². The van der Waals surface area contributed by atoms with Gasteiger partial charge in [-0.15, -0.1) is 0 Å². The van der Waals surface area contributed by atoms with E-state index >= 15 is 0 Å². The minimum Gasteiger partial charge on any atom is -0.481 e. The first-order valence-electron chi connectivity index (χ1n) is 12.2. The van der Waals surface area contributed by atoms with Gasteiger partial charge in [0.1, 0.15) is 0 Å². The predicted octanol–water partition coefficient (Wildman–Crippen LogP) is 5.57. The van der Waals surface area contributed by atoms with Crippen molar-refractivity contribution in [3.8, 4) is 6.07 Å². The zero-order valence-electron chi connectivity index (χ0n) is 20.4. The Bertz CT molecular complexity index is 1040. The molecule has 2 aromatic carbocycles. The van der Waals surface area contributed by atoms with Crippen LogP contribution < -0.4 is 15.5 Å². The number of nitrogens with one attached hydrogen (secondary N) is 2. The summed E-state index contributed by atoms with van der Waals surface area (Å²) in [6.45, 7) is 6.36. The number of benzene rings is 2. The first-order valence-corrected chi connectivity index (χ1v) is 12.2. The molecule has 3 N–H and O–H groups in total. The topological polar surface area (TPSA) is 115 Å². The lowest BCUT2D eigenvalue weighted by Gasteiger charge is -2.37. The van der Waals surface area contributed by atoms with Crippen molar-refractivity contribution in [1.29, 1.82) is 5.26 Å². The van der Waals surface area contributed by atoms with Crippen LogP contribution >= 0.6 is 0 Å². The van der Waals surface area contributed by atoms with Gasteiger partial charge in [0.05, 0.1) is 29.4 Å². The molecule has 2 aromatic rings. The molecule has 186 valence electrons. The third-order valence-corrected chi connectivity index (χ3v) is 6.33. The molecule has 1 fully saturated rings. The molecule has 2 amide bonds. The van der Waals surface area contributed by atoms with Gasteiger partial charge in [0, 0.05) is 31.5 Å². The second kappa shape index (κ2) is 12.8. The Morgan fingerprint density at radius 2 is 1.86 bits per heavy atom. The Labute approximate surface area is 206 Å². The van der Waals surface area contributed by atoms with Gasteiger partial charge in [0.15, 0.2) is 0 Å². The molecule has 1 aliphatic heterocycles. The number of carboxylic acid groups (broad SMARTS) is 1. The van der Waals surface area contributed by atoms with E-state index < -0.39 is 12.0 Å². The maximum Gasteiger partial charge on any atom is 0.323 e. The highest BCUT2D eigenvalue weighted by Gasteiger charge is 2.25. The summed E-state index contributed by atoms with van der Waals surface area (Å²) in [5.74, 6) is -0.991. The zero-order chi connectivity index (χ0) is 25.2. The quantitative estimate of drug-likeness (QED) is 0.411. The average Bonchev–Trinajstić information content (AvgIpc) is 2.87. The lowest BCUT2D eigenvalue weighted by atomic mass is 9.92. The van der Waals surface area contributed by atoms with Crippen LogP contribution in [0, 0.1) is 11.3 Å². The van der Waals surface area contributed by atoms with Crippen LogP contribution in [0.15, 0.2) is 42.5 Å². The number of amides is 2. The lowest BCUT2D eigenvalue weighted by Crippen LogP contribution is -2.40. The molecule has 1 aliphatic rings. The molecule has 0 aliphatic carbocycles. The third-order valence-electron chi connectivity index (χ3n) is 6.33. The van der Waals surface area contributed by atoms with Crippen LogP contribution in [0.2, 0.25) is 0 Å². The van der Waals surface area contributed by atoms with Crippen molar-refractivity contribution < 1.29 is 19.4 Å². The molecule has 0 unspecified atom stereocenters. The number of aliphatic carboxylic acids is 1. The fourth-order valence-corrected chi connectivity index (χ4v) is 4.52. The van der Waals surface area contributed by atoms with Crippen molar-refractivity contribution in [3.63, 3.8) is 0 Å². The monoisotopic (exact) mass is 478 g/mol. The van der Waals surface area contributed by atoms with Crippen molar-refractivity contribution in [3.05, 3.63) is 53.6 Å². The highest BCUT2D eigenvalue weighted by atomic mass is 16.5. The number of hydrogen-bond acceptors (Lipinski definition) is 5. The van der Waals surface area contributed by atoms with Crippen LogP contribution in [-0.2, 0) is 9.53 Å². The second-order valence-corrected chi connectivity index (χ2v) is 8.78. The lowest BCUT2D eigenvalue weighted by molar-refractivity contribution is -0.137. The summed E-state index contributed by atoms with van der Waals surface area (Å²) in [6.07, 6.45) is 3.49. The van der Waals surface area contributed by atoms with Gasteiger partial charge in [-0.05, 0) is 73.6 Å². The molecular formula is C27H34N4O4. The van der Waals surface area contributed by atoms with E-state index in [2.05, 4.69) is 28.5 Å². The maximum absolute atomic E-state index is 13.0. The van der Waals surface area contributed by atoms with Crippen LogP contribution in [0.4, 0.5) is 21.9 Å². The van der Waals surface area contributed by atoms with Crippen LogP contribution in [0.1, 0.15) is 63.0 Å². The highest BCUT2D eigenvalue weighted by Crippen LogP contribution is 2.35. The number of rotatable bonds is 10. The molecule has 1 saturated heterocycles. The van der Waals surface area contributed by atoms with E-state index in [4.69, 9.17) is 10.00 Å². The number of carboxylic acids is 1. The maximum atomic E-state index is 13.0. The SMILES string of the molecule is CCCN(c1ccc([C@H](CC)CC(=O)O)cc1NC(=O)Nc1ccc(C#N)cc1)C1CCOCC1. The first-order chi connectivity index (χ1) is 16.9. The molecule has 3 rings (SSSR count). The van der Waals surface area contributed by atoms with Crippen molar-refractivity contribution in [2.75, 3.05) is 35.3 Å². The number of urea groups is 1. The minimum absolute atomic E-state index is 0.0331. The summed E-state index contributed by atoms with van der Waals surface area (Å²) in [5, 5.41) is 24.2. The van der Waals surface area contributed by atoms with Gasteiger partial charge in [-0.2, -0.15) is 5.26 Å². The molecule has 0 spiro atoms. The summed E-state index contributed by atoms with van der Waals surface area (Å²) in [5.41, 5.74) is 3.55. The molecule has 0 aromatic heterocycles. The summed E-state index contributed by atoms with van der Waals surface area (Å²) < 4.78 is 5.56. The summed E-state index contributed by atoms with van der Waals surface area (Å²) in [7, 11) is 0. The molecule has 0 saturated carbocycles. The van der Waals surface area contributed by atoms with Crippen LogP contribution in [0.25, 0.3) is 0 Å². The Hall–Kier alpha value is -3.57. The molecule has 0 bridgehead atoms. The summed E-state index contributed by atoms with van der Waals surface area (Å²) in [4.78, 5) is 26.7. The highest BCUT2D eigenvalue weighted by molar-refractivity contribution is 6.02. The first kappa shape index (κ1) is 26.0. The normalized spacial score (nSPS) is 14.5. The average molecular weight is 479 g/mol. The van der Waals surface area contributed by atoms with Gasteiger partial charge in [-0.1, -0.05) is 19.9 Å². The van der Waals surface area contributed by atoms with Gasteiger partial charge >= 0.3 is 12.0 Å². The molecule has 1 heterocycles. The van der Waals surface area contributed by atoms with Gasteiger partial charge in [0.25, 0.3) is 0 Å². The number of carbonyl (C=O) groups excluding carboxylic acids is 1. The van der Waals surface area contributed by atoms with Crippen molar-refractivity contribution in [2.24, 2.45) is 0 Å². The molecule has 8 nitrogen and oxygen atoms in total. The Kier molecular flexibility index (Phi) is 9.50. The van der Waals surface area contributed by atoms with E-state index in [1.165, 1.54) is 0 Å². The second-order valence-electron chi connectivity index (χ2n) is 8.78. The van der Waals surface area contributed by atoms with Crippen molar-refractivity contribution >= 4 is 29.1 Å².